The highest BCUT2D eigenvalue weighted by molar-refractivity contribution is 6.01. The van der Waals surface area contributed by atoms with Crippen LogP contribution in [0.2, 0.25) is 0 Å². The Balaban J connectivity index is 2.14. The van der Waals surface area contributed by atoms with Crippen molar-refractivity contribution in [3.05, 3.63) is 34.9 Å². The first-order chi connectivity index (χ1) is 11.4. The molecule has 0 aromatic heterocycles. The molecule has 1 saturated heterocycles. The number of amides is 2. The van der Waals surface area contributed by atoms with Crippen molar-refractivity contribution >= 4 is 17.6 Å². The lowest BCUT2D eigenvalue weighted by atomic mass is 10.0. The number of methoxy groups -OCH3 is 1. The minimum absolute atomic E-state index is 0.0613. The van der Waals surface area contributed by atoms with E-state index in [0.29, 0.717) is 37.4 Å². The van der Waals surface area contributed by atoms with Crippen LogP contribution in [0.4, 0.5) is 0 Å². The van der Waals surface area contributed by atoms with Crippen LogP contribution in [0.25, 0.3) is 0 Å². The van der Waals surface area contributed by atoms with Gasteiger partial charge in [-0.1, -0.05) is 6.07 Å². The van der Waals surface area contributed by atoms with Crippen molar-refractivity contribution in [2.45, 2.75) is 20.3 Å². The number of carbonyl (C=O) groups excluding carboxylic acids is 3. The number of carbonyl (C=O) groups is 3. The third-order valence-electron chi connectivity index (χ3n) is 4.25. The number of benzene rings is 1. The van der Waals surface area contributed by atoms with E-state index in [4.69, 9.17) is 4.74 Å². The first kappa shape index (κ1) is 18.1. The van der Waals surface area contributed by atoms with Gasteiger partial charge in [0.1, 0.15) is 6.54 Å². The molecule has 1 aromatic carbocycles. The van der Waals surface area contributed by atoms with Crippen molar-refractivity contribution < 1.29 is 19.1 Å². The lowest BCUT2D eigenvalue weighted by molar-refractivity contribution is -0.131. The van der Waals surface area contributed by atoms with Crippen LogP contribution in [0.5, 0.6) is 0 Å². The molecule has 0 saturated carbocycles. The molecule has 0 bridgehead atoms. The zero-order valence-corrected chi connectivity index (χ0v) is 14.5. The third kappa shape index (κ3) is 4.20. The maximum Gasteiger partial charge on any atom is 0.254 e. The summed E-state index contributed by atoms with van der Waals surface area (Å²) in [5.41, 5.74) is 1.84. The van der Waals surface area contributed by atoms with Gasteiger partial charge in [0.15, 0.2) is 5.78 Å². The highest BCUT2D eigenvalue weighted by Crippen LogP contribution is 2.15. The zero-order chi connectivity index (χ0) is 17.7. The van der Waals surface area contributed by atoms with Gasteiger partial charge in [0.2, 0.25) is 5.91 Å². The normalized spacial score (nSPS) is 15.4. The van der Waals surface area contributed by atoms with Crippen LogP contribution in [0.15, 0.2) is 18.2 Å². The van der Waals surface area contributed by atoms with Crippen molar-refractivity contribution in [1.29, 1.82) is 0 Å². The first-order valence-corrected chi connectivity index (χ1v) is 8.11. The van der Waals surface area contributed by atoms with Crippen molar-refractivity contribution in [2.24, 2.45) is 0 Å². The lowest BCUT2D eigenvalue weighted by Crippen LogP contribution is -2.40. The number of Topliss-reactive ketones (excluding diaryl/α,β-unsaturated/α-hetero) is 1. The third-order valence-corrected chi connectivity index (χ3v) is 4.25. The molecular formula is C18H24N2O4. The summed E-state index contributed by atoms with van der Waals surface area (Å²) in [6, 6.07) is 5.11. The van der Waals surface area contributed by atoms with Gasteiger partial charge in [-0.05, 0) is 38.0 Å². The largest absolute Gasteiger partial charge is 0.383 e. The SMILES string of the molecule is COCCN1CCCN(C(=O)c2ccc(C)c(C(C)=O)c2)CC1=O. The minimum Gasteiger partial charge on any atom is -0.383 e. The second-order valence-electron chi connectivity index (χ2n) is 6.04. The maximum atomic E-state index is 12.7. The van der Waals surface area contributed by atoms with Gasteiger partial charge in [-0.15, -0.1) is 0 Å². The van der Waals surface area contributed by atoms with Crippen LogP contribution in [-0.4, -0.2) is 67.3 Å². The Labute approximate surface area is 142 Å². The molecule has 2 amide bonds. The molecule has 1 aliphatic heterocycles. The van der Waals surface area contributed by atoms with Crippen molar-refractivity contribution in [3.63, 3.8) is 0 Å². The number of rotatable bonds is 5. The van der Waals surface area contributed by atoms with E-state index in [1.807, 2.05) is 6.92 Å². The second-order valence-corrected chi connectivity index (χ2v) is 6.04. The van der Waals surface area contributed by atoms with Gasteiger partial charge >= 0.3 is 0 Å². The molecule has 0 N–H and O–H groups in total. The molecule has 1 aromatic rings. The first-order valence-electron chi connectivity index (χ1n) is 8.11. The predicted molar refractivity (Wildman–Crippen MR) is 90.2 cm³/mol. The molecule has 130 valence electrons. The van der Waals surface area contributed by atoms with Crippen LogP contribution in [-0.2, 0) is 9.53 Å². The molecule has 0 radical (unpaired) electrons. The summed E-state index contributed by atoms with van der Waals surface area (Å²) in [4.78, 5) is 40.0. The van der Waals surface area contributed by atoms with Gasteiger partial charge in [0, 0.05) is 37.9 Å². The molecule has 2 rings (SSSR count). The molecule has 0 spiro atoms. The van der Waals surface area contributed by atoms with Gasteiger partial charge < -0.3 is 14.5 Å². The van der Waals surface area contributed by atoms with Crippen LogP contribution >= 0.6 is 0 Å². The minimum atomic E-state index is -0.209. The lowest BCUT2D eigenvalue weighted by Gasteiger charge is -2.22. The van der Waals surface area contributed by atoms with E-state index in [-0.39, 0.29) is 24.1 Å². The molecule has 1 heterocycles. The molecule has 6 nitrogen and oxygen atoms in total. The summed E-state index contributed by atoms with van der Waals surface area (Å²) >= 11 is 0. The van der Waals surface area contributed by atoms with E-state index in [1.54, 1.807) is 35.1 Å². The highest BCUT2D eigenvalue weighted by atomic mass is 16.5. The standard InChI is InChI=1S/C18H24N2O4/c1-13-5-6-15(11-16(13)14(2)21)18(23)20-8-4-7-19(9-10-24-3)17(22)12-20/h5-6,11H,4,7-10,12H2,1-3H3. The summed E-state index contributed by atoms with van der Waals surface area (Å²) in [6.07, 6.45) is 0.729. The Bertz CT molecular complexity index is 642. The summed E-state index contributed by atoms with van der Waals surface area (Å²) in [6.45, 7) is 5.56. The predicted octanol–water partition coefficient (Wildman–Crippen LogP) is 1.52. The quantitative estimate of drug-likeness (QED) is 0.767. The van der Waals surface area contributed by atoms with Gasteiger partial charge in [-0.2, -0.15) is 0 Å². The number of aryl methyl sites for hydroxylation is 1. The van der Waals surface area contributed by atoms with Crippen molar-refractivity contribution in [1.82, 2.24) is 9.80 Å². The fraction of sp³-hybridized carbons (Fsp3) is 0.500. The molecule has 1 fully saturated rings. The van der Waals surface area contributed by atoms with Crippen molar-refractivity contribution in [2.75, 3.05) is 39.9 Å². The van der Waals surface area contributed by atoms with Crippen LogP contribution in [0.3, 0.4) is 0 Å². The molecule has 6 heteroatoms. The Kier molecular flexibility index (Phi) is 6.09. The Hall–Kier alpha value is -2.21. The van der Waals surface area contributed by atoms with Gasteiger partial charge in [0.25, 0.3) is 5.91 Å². The maximum absolute atomic E-state index is 12.7. The Morgan fingerprint density at radius 2 is 2.00 bits per heavy atom. The summed E-state index contributed by atoms with van der Waals surface area (Å²) in [7, 11) is 1.60. The molecule has 1 aliphatic rings. The topological polar surface area (TPSA) is 66.9 Å². The van der Waals surface area contributed by atoms with Gasteiger partial charge in [-0.25, -0.2) is 0 Å². The highest BCUT2D eigenvalue weighted by Gasteiger charge is 2.25. The number of ether oxygens (including phenoxy) is 1. The van der Waals surface area contributed by atoms with E-state index < -0.39 is 0 Å². The average molecular weight is 332 g/mol. The van der Waals surface area contributed by atoms with Crippen molar-refractivity contribution in [3.8, 4) is 0 Å². The van der Waals surface area contributed by atoms with Crippen LogP contribution < -0.4 is 0 Å². The molecular weight excluding hydrogens is 308 g/mol. The number of nitrogens with zero attached hydrogens (tertiary/aromatic N) is 2. The number of hydrogen-bond acceptors (Lipinski definition) is 4. The van der Waals surface area contributed by atoms with E-state index >= 15 is 0 Å². The molecule has 24 heavy (non-hydrogen) atoms. The fourth-order valence-corrected chi connectivity index (χ4v) is 2.85. The second kappa shape index (κ2) is 8.06. The zero-order valence-electron chi connectivity index (χ0n) is 14.5. The fourth-order valence-electron chi connectivity index (χ4n) is 2.85. The summed E-state index contributed by atoms with van der Waals surface area (Å²) < 4.78 is 5.02. The van der Waals surface area contributed by atoms with Gasteiger partial charge in [-0.3, -0.25) is 14.4 Å². The Morgan fingerprint density at radius 3 is 2.67 bits per heavy atom. The van der Waals surface area contributed by atoms with Crippen LogP contribution in [0, 0.1) is 6.92 Å². The summed E-state index contributed by atoms with van der Waals surface area (Å²) in [5, 5.41) is 0. The molecule has 0 aliphatic carbocycles. The average Bonchev–Trinajstić information content (AvgIpc) is 2.74. The smallest absolute Gasteiger partial charge is 0.254 e. The van der Waals surface area contributed by atoms with E-state index in [1.165, 1.54) is 6.92 Å². The van der Waals surface area contributed by atoms with Gasteiger partial charge in [0.05, 0.1) is 6.61 Å². The van der Waals surface area contributed by atoms with E-state index in [0.717, 1.165) is 12.0 Å². The number of hydrogen-bond donors (Lipinski definition) is 0. The van der Waals surface area contributed by atoms with Crippen LogP contribution in [0.1, 0.15) is 39.6 Å². The monoisotopic (exact) mass is 332 g/mol. The summed E-state index contributed by atoms with van der Waals surface area (Å²) in [5.74, 6) is -0.351. The van der Waals surface area contributed by atoms with E-state index in [2.05, 4.69) is 0 Å². The van der Waals surface area contributed by atoms with E-state index in [9.17, 15) is 14.4 Å². The number of ketones is 1. The Morgan fingerprint density at radius 1 is 1.25 bits per heavy atom. The molecule has 0 unspecified atom stereocenters. The molecule has 0 atom stereocenters.